The summed E-state index contributed by atoms with van der Waals surface area (Å²) in [6.07, 6.45) is 2.59. The Bertz CT molecular complexity index is 797. The van der Waals surface area contributed by atoms with Gasteiger partial charge in [0, 0.05) is 17.8 Å². The number of rotatable bonds is 1. The second-order valence-electron chi connectivity index (χ2n) is 5.48. The van der Waals surface area contributed by atoms with Crippen LogP contribution in [-0.4, -0.2) is 19.1 Å². The Hall–Kier alpha value is -2.62. The number of hydrogen-bond donors (Lipinski definition) is 0. The van der Waals surface area contributed by atoms with E-state index in [9.17, 15) is 9.18 Å². The van der Waals surface area contributed by atoms with E-state index >= 15 is 0 Å². The van der Waals surface area contributed by atoms with E-state index in [1.54, 1.807) is 17.0 Å². The van der Waals surface area contributed by atoms with Crippen LogP contribution >= 0.6 is 0 Å². The predicted octanol–water partition coefficient (Wildman–Crippen LogP) is 3.19. The van der Waals surface area contributed by atoms with E-state index in [4.69, 9.17) is 4.74 Å². The van der Waals surface area contributed by atoms with Crippen molar-refractivity contribution in [3.63, 3.8) is 0 Å². The minimum atomic E-state index is -0.334. The predicted molar refractivity (Wildman–Crippen MR) is 82.4 cm³/mol. The number of ether oxygens (including phenoxy) is 1. The summed E-state index contributed by atoms with van der Waals surface area (Å²) in [4.78, 5) is 14.5. The van der Waals surface area contributed by atoms with Gasteiger partial charge in [0.2, 0.25) is 0 Å². The van der Waals surface area contributed by atoms with E-state index < -0.39 is 0 Å². The van der Waals surface area contributed by atoms with Crippen LogP contribution in [0.2, 0.25) is 0 Å². The minimum Gasteiger partial charge on any atom is -0.488 e. The highest BCUT2D eigenvalue weighted by molar-refractivity contribution is 6.10. The van der Waals surface area contributed by atoms with E-state index in [1.807, 2.05) is 24.3 Å². The van der Waals surface area contributed by atoms with Gasteiger partial charge in [-0.3, -0.25) is 4.79 Å². The van der Waals surface area contributed by atoms with Gasteiger partial charge < -0.3 is 9.64 Å². The van der Waals surface area contributed by atoms with Gasteiger partial charge in [0.1, 0.15) is 18.2 Å². The SMILES string of the molecule is O=C(C1=Cc2cc(F)ccc2OC1)N1CCc2ccccc21. The van der Waals surface area contributed by atoms with E-state index in [2.05, 4.69) is 0 Å². The van der Waals surface area contributed by atoms with E-state index in [0.717, 1.165) is 12.1 Å². The van der Waals surface area contributed by atoms with Gasteiger partial charge in [-0.25, -0.2) is 4.39 Å². The van der Waals surface area contributed by atoms with Crippen molar-refractivity contribution in [1.29, 1.82) is 0 Å². The summed E-state index contributed by atoms with van der Waals surface area (Å²) in [7, 11) is 0. The van der Waals surface area contributed by atoms with Crippen molar-refractivity contribution < 1.29 is 13.9 Å². The molecule has 0 saturated heterocycles. The summed E-state index contributed by atoms with van der Waals surface area (Å²) in [5.41, 5.74) is 3.30. The molecule has 0 saturated carbocycles. The van der Waals surface area contributed by atoms with Crippen molar-refractivity contribution in [2.24, 2.45) is 0 Å². The summed E-state index contributed by atoms with van der Waals surface area (Å²) in [6.45, 7) is 0.891. The molecule has 0 fully saturated rings. The van der Waals surface area contributed by atoms with Crippen LogP contribution < -0.4 is 9.64 Å². The molecule has 2 aromatic carbocycles. The van der Waals surface area contributed by atoms with Crippen LogP contribution in [0, 0.1) is 5.82 Å². The normalized spacial score (nSPS) is 15.7. The molecular weight excluding hydrogens is 281 g/mol. The number of halogens is 1. The van der Waals surface area contributed by atoms with Crippen molar-refractivity contribution in [1.82, 2.24) is 0 Å². The molecule has 0 aliphatic carbocycles. The first-order valence-corrected chi connectivity index (χ1v) is 7.25. The average Bonchev–Trinajstić information content (AvgIpc) is 2.97. The first-order valence-electron chi connectivity index (χ1n) is 7.25. The van der Waals surface area contributed by atoms with Gasteiger partial charge in [-0.15, -0.1) is 0 Å². The zero-order chi connectivity index (χ0) is 15.1. The van der Waals surface area contributed by atoms with Crippen molar-refractivity contribution >= 4 is 17.7 Å². The molecule has 0 N–H and O–H groups in total. The molecule has 2 heterocycles. The zero-order valence-electron chi connectivity index (χ0n) is 11.9. The maximum Gasteiger partial charge on any atom is 0.257 e. The standard InChI is InChI=1S/C18H14FNO2/c19-15-5-6-17-13(10-15)9-14(11-22-17)18(21)20-8-7-12-3-1-2-4-16(12)20/h1-6,9-10H,7-8,11H2. The quantitative estimate of drug-likeness (QED) is 0.808. The maximum absolute atomic E-state index is 13.3. The molecule has 110 valence electrons. The zero-order valence-corrected chi connectivity index (χ0v) is 11.9. The second-order valence-corrected chi connectivity index (χ2v) is 5.48. The first kappa shape index (κ1) is 13.1. The Balaban J connectivity index is 1.67. The molecular formula is C18H14FNO2. The Morgan fingerprint density at radius 3 is 2.95 bits per heavy atom. The van der Waals surface area contributed by atoms with Crippen LogP contribution in [0.5, 0.6) is 5.75 Å². The number of hydrogen-bond acceptors (Lipinski definition) is 2. The second kappa shape index (κ2) is 4.98. The number of carbonyl (C=O) groups is 1. The van der Waals surface area contributed by atoms with Crippen molar-refractivity contribution in [2.45, 2.75) is 6.42 Å². The van der Waals surface area contributed by atoms with E-state index in [0.29, 0.717) is 23.4 Å². The first-order chi connectivity index (χ1) is 10.7. The van der Waals surface area contributed by atoms with Crippen molar-refractivity contribution in [3.05, 3.63) is 65.0 Å². The van der Waals surface area contributed by atoms with Crippen LogP contribution in [0.3, 0.4) is 0 Å². The van der Waals surface area contributed by atoms with E-state index in [1.165, 1.54) is 17.7 Å². The molecule has 3 nitrogen and oxygen atoms in total. The number of benzene rings is 2. The average molecular weight is 295 g/mol. The molecule has 2 aliphatic heterocycles. The number of anilines is 1. The van der Waals surface area contributed by atoms with E-state index in [-0.39, 0.29) is 18.3 Å². The molecule has 2 aromatic rings. The number of fused-ring (bicyclic) bond motifs is 2. The summed E-state index contributed by atoms with van der Waals surface area (Å²) >= 11 is 0. The maximum atomic E-state index is 13.3. The molecule has 0 spiro atoms. The molecule has 4 rings (SSSR count). The van der Waals surface area contributed by atoms with Gasteiger partial charge >= 0.3 is 0 Å². The lowest BCUT2D eigenvalue weighted by Gasteiger charge is -2.22. The molecule has 0 bridgehead atoms. The lowest BCUT2D eigenvalue weighted by molar-refractivity contribution is -0.115. The van der Waals surface area contributed by atoms with Gasteiger partial charge in [0.25, 0.3) is 5.91 Å². The van der Waals surface area contributed by atoms with Crippen molar-refractivity contribution in [2.75, 3.05) is 18.1 Å². The monoisotopic (exact) mass is 295 g/mol. The highest BCUT2D eigenvalue weighted by Gasteiger charge is 2.28. The molecule has 2 aliphatic rings. The fraction of sp³-hybridized carbons (Fsp3) is 0.167. The third-order valence-electron chi connectivity index (χ3n) is 4.09. The topological polar surface area (TPSA) is 29.5 Å². The van der Waals surface area contributed by atoms with Crippen LogP contribution in [-0.2, 0) is 11.2 Å². The number of carbonyl (C=O) groups excluding carboxylic acids is 1. The third kappa shape index (κ3) is 2.08. The summed E-state index contributed by atoms with van der Waals surface area (Å²) < 4.78 is 18.9. The van der Waals surface area contributed by atoms with Crippen LogP contribution in [0.1, 0.15) is 11.1 Å². The molecule has 0 radical (unpaired) electrons. The largest absolute Gasteiger partial charge is 0.488 e. The Morgan fingerprint density at radius 2 is 2.05 bits per heavy atom. The lowest BCUT2D eigenvalue weighted by Crippen LogP contribution is -2.32. The van der Waals surface area contributed by atoms with Gasteiger partial charge in [-0.05, 0) is 42.3 Å². The molecule has 0 unspecified atom stereocenters. The third-order valence-corrected chi connectivity index (χ3v) is 4.09. The minimum absolute atomic E-state index is 0.0696. The van der Waals surface area contributed by atoms with Gasteiger partial charge in [-0.1, -0.05) is 18.2 Å². The molecule has 4 heteroatoms. The van der Waals surface area contributed by atoms with Crippen LogP contribution in [0.4, 0.5) is 10.1 Å². The van der Waals surface area contributed by atoms with Crippen LogP contribution in [0.15, 0.2) is 48.0 Å². The Morgan fingerprint density at radius 1 is 1.18 bits per heavy atom. The van der Waals surface area contributed by atoms with Gasteiger partial charge in [0.15, 0.2) is 0 Å². The summed E-state index contributed by atoms with van der Waals surface area (Å²) in [6, 6.07) is 12.2. The number of nitrogens with zero attached hydrogens (tertiary/aromatic N) is 1. The molecule has 22 heavy (non-hydrogen) atoms. The Labute approximate surface area is 127 Å². The highest BCUT2D eigenvalue weighted by atomic mass is 19.1. The Kier molecular flexibility index (Phi) is 2.96. The fourth-order valence-electron chi connectivity index (χ4n) is 2.99. The molecule has 0 aromatic heterocycles. The summed E-state index contributed by atoms with van der Waals surface area (Å²) in [5.74, 6) is 0.207. The van der Waals surface area contributed by atoms with Crippen molar-refractivity contribution in [3.8, 4) is 5.75 Å². The molecule has 1 amide bonds. The van der Waals surface area contributed by atoms with Crippen LogP contribution in [0.25, 0.3) is 6.08 Å². The highest BCUT2D eigenvalue weighted by Crippen LogP contribution is 2.32. The fourth-order valence-corrected chi connectivity index (χ4v) is 2.99. The number of amides is 1. The lowest BCUT2D eigenvalue weighted by atomic mass is 10.1. The van der Waals surface area contributed by atoms with Gasteiger partial charge in [0.05, 0.1) is 5.57 Å². The molecule has 0 atom stereocenters. The van der Waals surface area contributed by atoms with Gasteiger partial charge in [-0.2, -0.15) is 0 Å². The smallest absolute Gasteiger partial charge is 0.257 e. The summed E-state index contributed by atoms with van der Waals surface area (Å²) in [5, 5.41) is 0. The number of para-hydroxylation sites is 1.